The van der Waals surface area contributed by atoms with E-state index in [4.69, 9.17) is 16.0 Å². The first-order valence-electron chi connectivity index (χ1n) is 13.5. The monoisotopic (exact) mass is 560 g/mol. The molecule has 0 aliphatic carbocycles. The summed E-state index contributed by atoms with van der Waals surface area (Å²) in [4.78, 5) is 59.7. The Balaban J connectivity index is 1.14. The van der Waals surface area contributed by atoms with Gasteiger partial charge in [0.15, 0.2) is 5.76 Å². The smallest absolute Gasteiger partial charge is 0.289 e. The predicted octanol–water partition coefficient (Wildman–Crippen LogP) is 3.93. The van der Waals surface area contributed by atoms with E-state index in [1.807, 2.05) is 17.0 Å². The van der Waals surface area contributed by atoms with Crippen LogP contribution in [0.1, 0.15) is 49.7 Å². The van der Waals surface area contributed by atoms with Crippen LogP contribution in [0.15, 0.2) is 65.3 Å². The molecule has 0 radical (unpaired) electrons. The number of amides is 4. The first-order chi connectivity index (χ1) is 19.4. The lowest BCUT2D eigenvalue weighted by atomic mass is 9.94. The third-order valence-corrected chi connectivity index (χ3v) is 8.35. The SMILES string of the molecule is O=C(c1ccco1)N1CCN(C(=O)C2CCCN(c3cccc4c3C(=O)N(Cc3ccccc3Cl)C4=O)C2)CC1. The number of imide groups is 1. The van der Waals surface area contributed by atoms with E-state index < -0.39 is 0 Å². The Morgan fingerprint density at radius 3 is 2.40 bits per heavy atom. The molecule has 2 aromatic carbocycles. The number of hydrogen-bond donors (Lipinski definition) is 0. The molecule has 3 aliphatic heterocycles. The van der Waals surface area contributed by atoms with Gasteiger partial charge in [0.05, 0.1) is 35.5 Å². The van der Waals surface area contributed by atoms with Gasteiger partial charge in [0, 0.05) is 44.3 Å². The second-order valence-corrected chi connectivity index (χ2v) is 10.8. The van der Waals surface area contributed by atoms with Crippen molar-refractivity contribution in [2.45, 2.75) is 19.4 Å². The summed E-state index contributed by atoms with van der Waals surface area (Å²) >= 11 is 6.30. The minimum absolute atomic E-state index is 0.0603. The van der Waals surface area contributed by atoms with E-state index in [1.54, 1.807) is 47.4 Å². The number of carbonyl (C=O) groups excluding carboxylic acids is 4. The number of furan rings is 1. The van der Waals surface area contributed by atoms with Crippen molar-refractivity contribution >= 4 is 40.9 Å². The van der Waals surface area contributed by atoms with Crippen LogP contribution in [0.4, 0.5) is 5.69 Å². The third kappa shape index (κ3) is 4.75. The first kappa shape index (κ1) is 26.1. The molecule has 2 fully saturated rings. The van der Waals surface area contributed by atoms with Crippen molar-refractivity contribution in [3.05, 3.63) is 88.3 Å². The van der Waals surface area contributed by atoms with Crippen molar-refractivity contribution in [1.82, 2.24) is 14.7 Å². The number of halogens is 1. The number of piperazine rings is 1. The van der Waals surface area contributed by atoms with Gasteiger partial charge in [-0.05, 0) is 48.7 Å². The molecule has 0 N–H and O–H groups in total. The largest absolute Gasteiger partial charge is 0.459 e. The fourth-order valence-electron chi connectivity index (χ4n) is 5.86. The molecule has 3 aromatic rings. The zero-order valence-corrected chi connectivity index (χ0v) is 22.7. The molecule has 0 saturated carbocycles. The minimum Gasteiger partial charge on any atom is -0.459 e. The van der Waals surface area contributed by atoms with Crippen LogP contribution < -0.4 is 4.90 Å². The molecule has 0 spiro atoms. The van der Waals surface area contributed by atoms with Gasteiger partial charge in [0.25, 0.3) is 17.7 Å². The number of hydrogen-bond acceptors (Lipinski definition) is 6. The molecule has 2 saturated heterocycles. The first-order valence-corrected chi connectivity index (χ1v) is 13.9. The quantitative estimate of drug-likeness (QED) is 0.439. The van der Waals surface area contributed by atoms with Crippen molar-refractivity contribution in [3.63, 3.8) is 0 Å². The maximum atomic E-state index is 13.5. The fourth-order valence-corrected chi connectivity index (χ4v) is 6.06. The number of fused-ring (bicyclic) bond motifs is 1. The summed E-state index contributed by atoms with van der Waals surface area (Å²) in [6.07, 6.45) is 3.02. The van der Waals surface area contributed by atoms with Gasteiger partial charge in [-0.15, -0.1) is 0 Å². The predicted molar refractivity (Wildman–Crippen MR) is 148 cm³/mol. The molecule has 1 unspecified atom stereocenters. The molecule has 1 atom stereocenters. The standard InChI is InChI=1S/C30H29ClN4O5/c31-23-9-2-1-6-20(23)19-35-28(37)22-8-3-10-24(26(22)30(35)39)34-12-4-7-21(18-34)27(36)32-13-15-33(16-14-32)29(38)25-11-5-17-40-25/h1-3,5-6,8-11,17,21H,4,7,12-16,18-19H2. The maximum absolute atomic E-state index is 13.5. The van der Waals surface area contributed by atoms with E-state index in [1.165, 1.54) is 11.2 Å². The molecule has 6 rings (SSSR count). The van der Waals surface area contributed by atoms with E-state index in [0.29, 0.717) is 72.4 Å². The molecule has 3 aliphatic rings. The molecule has 9 nitrogen and oxygen atoms in total. The normalized spacial score (nSPS) is 19.3. The van der Waals surface area contributed by atoms with E-state index in [0.717, 1.165) is 12.8 Å². The van der Waals surface area contributed by atoms with Crippen LogP contribution in [-0.2, 0) is 11.3 Å². The van der Waals surface area contributed by atoms with E-state index in [2.05, 4.69) is 4.90 Å². The number of anilines is 1. The average molecular weight is 561 g/mol. The van der Waals surface area contributed by atoms with Crippen LogP contribution in [0.5, 0.6) is 0 Å². The summed E-state index contributed by atoms with van der Waals surface area (Å²) in [7, 11) is 0. The molecular weight excluding hydrogens is 532 g/mol. The summed E-state index contributed by atoms with van der Waals surface area (Å²) in [5.74, 6) is -0.721. The highest BCUT2D eigenvalue weighted by Crippen LogP contribution is 2.35. The third-order valence-electron chi connectivity index (χ3n) is 7.99. The highest BCUT2D eigenvalue weighted by molar-refractivity contribution is 6.31. The van der Waals surface area contributed by atoms with Gasteiger partial charge in [-0.25, -0.2) is 0 Å². The summed E-state index contributed by atoms with van der Waals surface area (Å²) in [6, 6.07) is 15.8. The lowest BCUT2D eigenvalue weighted by Crippen LogP contribution is -2.53. The van der Waals surface area contributed by atoms with Crippen LogP contribution in [0, 0.1) is 5.92 Å². The molecule has 4 heterocycles. The van der Waals surface area contributed by atoms with Crippen LogP contribution >= 0.6 is 11.6 Å². The van der Waals surface area contributed by atoms with Crippen LogP contribution in [0.3, 0.4) is 0 Å². The second-order valence-electron chi connectivity index (χ2n) is 10.4. The summed E-state index contributed by atoms with van der Waals surface area (Å²) in [5, 5.41) is 0.503. The highest BCUT2D eigenvalue weighted by Gasteiger charge is 2.40. The number of piperidine rings is 1. The highest BCUT2D eigenvalue weighted by atomic mass is 35.5. The van der Waals surface area contributed by atoms with Gasteiger partial charge < -0.3 is 19.1 Å². The van der Waals surface area contributed by atoms with Gasteiger partial charge in [-0.3, -0.25) is 24.1 Å². The van der Waals surface area contributed by atoms with Gasteiger partial charge >= 0.3 is 0 Å². The average Bonchev–Trinajstić information content (AvgIpc) is 3.61. The molecule has 4 amide bonds. The lowest BCUT2D eigenvalue weighted by molar-refractivity contribution is -0.137. The van der Waals surface area contributed by atoms with Crippen LogP contribution in [-0.4, -0.2) is 77.6 Å². The molecule has 40 heavy (non-hydrogen) atoms. The Morgan fingerprint density at radius 1 is 0.875 bits per heavy atom. The topological polar surface area (TPSA) is 94.4 Å². The van der Waals surface area contributed by atoms with Crippen LogP contribution in [0.25, 0.3) is 0 Å². The maximum Gasteiger partial charge on any atom is 0.289 e. The molecule has 1 aromatic heterocycles. The van der Waals surface area contributed by atoms with E-state index in [9.17, 15) is 19.2 Å². The van der Waals surface area contributed by atoms with Gasteiger partial charge in [-0.2, -0.15) is 0 Å². The summed E-state index contributed by atoms with van der Waals surface area (Å²) in [6.45, 7) is 3.09. The Hall–Kier alpha value is -4.11. The lowest BCUT2D eigenvalue weighted by Gasteiger charge is -2.39. The number of rotatable bonds is 5. The van der Waals surface area contributed by atoms with Gasteiger partial charge in [-0.1, -0.05) is 35.9 Å². The zero-order valence-electron chi connectivity index (χ0n) is 21.9. The summed E-state index contributed by atoms with van der Waals surface area (Å²) < 4.78 is 5.23. The van der Waals surface area contributed by atoms with Gasteiger partial charge in [0.2, 0.25) is 5.91 Å². The molecule has 206 valence electrons. The molecule has 0 bridgehead atoms. The number of benzene rings is 2. The Kier molecular flexibility index (Phi) is 7.06. The van der Waals surface area contributed by atoms with Crippen molar-refractivity contribution in [2.24, 2.45) is 5.92 Å². The Bertz CT molecular complexity index is 1460. The number of nitrogens with zero attached hydrogens (tertiary/aromatic N) is 4. The van der Waals surface area contributed by atoms with Crippen LogP contribution in [0.2, 0.25) is 5.02 Å². The van der Waals surface area contributed by atoms with Crippen molar-refractivity contribution in [2.75, 3.05) is 44.2 Å². The zero-order chi connectivity index (χ0) is 27.8. The van der Waals surface area contributed by atoms with E-state index in [-0.39, 0.29) is 36.1 Å². The second kappa shape index (κ2) is 10.8. The van der Waals surface area contributed by atoms with Gasteiger partial charge in [0.1, 0.15) is 0 Å². The van der Waals surface area contributed by atoms with Crippen molar-refractivity contribution in [3.8, 4) is 0 Å². The van der Waals surface area contributed by atoms with Crippen molar-refractivity contribution < 1.29 is 23.6 Å². The molecular formula is C30H29ClN4O5. The van der Waals surface area contributed by atoms with Crippen molar-refractivity contribution in [1.29, 1.82) is 0 Å². The Morgan fingerprint density at radius 2 is 1.65 bits per heavy atom. The summed E-state index contributed by atoms with van der Waals surface area (Å²) in [5.41, 5.74) is 2.15. The fraction of sp³-hybridized carbons (Fsp3) is 0.333. The minimum atomic E-state index is -0.346. The Labute approximate surface area is 236 Å². The van der Waals surface area contributed by atoms with E-state index >= 15 is 0 Å². The number of carbonyl (C=O) groups is 4. The molecule has 10 heteroatoms.